The molecule has 3 fully saturated rings. The second-order valence-electron chi connectivity index (χ2n) is 7.92. The number of hydrogen-bond donors (Lipinski definition) is 2. The lowest BCUT2D eigenvalue weighted by Crippen LogP contribution is -2.35. The number of halogens is 1. The van der Waals surface area contributed by atoms with Gasteiger partial charge in [0.25, 0.3) is 5.91 Å². The molecular formula is C22H19ClN2O4. The van der Waals surface area contributed by atoms with Crippen molar-refractivity contribution in [2.75, 3.05) is 10.6 Å². The van der Waals surface area contributed by atoms with Crippen molar-refractivity contribution in [3.05, 3.63) is 59.1 Å². The van der Waals surface area contributed by atoms with Crippen molar-refractivity contribution < 1.29 is 19.1 Å². The van der Waals surface area contributed by atoms with E-state index in [0.29, 0.717) is 22.0 Å². The van der Waals surface area contributed by atoms with Gasteiger partial charge in [-0.25, -0.2) is 0 Å². The van der Waals surface area contributed by atoms with Crippen LogP contribution in [0.4, 0.5) is 11.4 Å². The van der Waals surface area contributed by atoms with Crippen LogP contribution in [0, 0.1) is 23.7 Å². The summed E-state index contributed by atoms with van der Waals surface area (Å²) in [5.74, 6) is -0.890. The van der Waals surface area contributed by atoms with Crippen LogP contribution in [0.25, 0.3) is 0 Å². The Morgan fingerprint density at radius 2 is 1.76 bits per heavy atom. The Bertz CT molecular complexity index is 1000. The van der Waals surface area contributed by atoms with E-state index in [1.807, 2.05) is 0 Å². The van der Waals surface area contributed by atoms with Crippen molar-refractivity contribution in [3.8, 4) is 0 Å². The first-order chi connectivity index (χ1) is 14.0. The first kappa shape index (κ1) is 18.2. The fraction of sp³-hybridized carbons (Fsp3) is 0.318. The zero-order valence-corrected chi connectivity index (χ0v) is 16.2. The lowest BCUT2D eigenvalue weighted by atomic mass is 9.79. The number of esters is 1. The number of anilines is 2. The summed E-state index contributed by atoms with van der Waals surface area (Å²) in [7, 11) is 0. The van der Waals surface area contributed by atoms with Crippen molar-refractivity contribution in [2.24, 2.45) is 23.7 Å². The number of nitrogens with one attached hydrogen (secondary N) is 2. The molecule has 2 aromatic carbocycles. The van der Waals surface area contributed by atoms with Crippen LogP contribution in [0.2, 0.25) is 5.02 Å². The summed E-state index contributed by atoms with van der Waals surface area (Å²) in [6.07, 6.45) is 1.68. The highest BCUT2D eigenvalue weighted by molar-refractivity contribution is 6.33. The first-order valence-corrected chi connectivity index (χ1v) is 10.1. The number of rotatable bonds is 4. The fourth-order valence-corrected chi connectivity index (χ4v) is 5.23. The van der Waals surface area contributed by atoms with Crippen LogP contribution in [0.15, 0.2) is 48.5 Å². The molecule has 1 aliphatic heterocycles. The molecule has 2 saturated carbocycles. The zero-order valence-electron chi connectivity index (χ0n) is 15.4. The summed E-state index contributed by atoms with van der Waals surface area (Å²) < 4.78 is 5.40. The molecule has 0 unspecified atom stereocenters. The Kier molecular flexibility index (Phi) is 4.32. The number of para-hydroxylation sites is 1. The Morgan fingerprint density at radius 3 is 2.52 bits per heavy atom. The van der Waals surface area contributed by atoms with Crippen molar-refractivity contribution in [2.45, 2.75) is 18.9 Å². The second kappa shape index (κ2) is 6.88. The molecule has 5 atom stereocenters. The maximum atomic E-state index is 12.8. The van der Waals surface area contributed by atoms with Crippen LogP contribution in [0.3, 0.4) is 0 Å². The fourth-order valence-electron chi connectivity index (χ4n) is 5.05. The third kappa shape index (κ3) is 3.08. The quantitative estimate of drug-likeness (QED) is 0.752. The van der Waals surface area contributed by atoms with Gasteiger partial charge in [0, 0.05) is 17.2 Å². The van der Waals surface area contributed by atoms with Gasteiger partial charge >= 0.3 is 5.97 Å². The van der Waals surface area contributed by atoms with Gasteiger partial charge in [-0.2, -0.15) is 0 Å². The van der Waals surface area contributed by atoms with Gasteiger partial charge in [0.15, 0.2) is 0 Å². The Labute approximate surface area is 172 Å². The monoisotopic (exact) mass is 410 g/mol. The lowest BCUT2D eigenvalue weighted by Gasteiger charge is -2.23. The summed E-state index contributed by atoms with van der Waals surface area (Å²) in [4.78, 5) is 37.3. The van der Waals surface area contributed by atoms with Crippen LogP contribution >= 0.6 is 11.6 Å². The molecule has 7 heteroatoms. The maximum Gasteiger partial charge on any atom is 0.310 e. The predicted molar refractivity (Wildman–Crippen MR) is 108 cm³/mol. The normalized spacial score (nSPS) is 28.9. The van der Waals surface area contributed by atoms with Crippen molar-refractivity contribution in [1.29, 1.82) is 0 Å². The third-order valence-corrected chi connectivity index (χ3v) is 6.65. The van der Waals surface area contributed by atoms with E-state index in [2.05, 4.69) is 10.6 Å². The van der Waals surface area contributed by atoms with Crippen molar-refractivity contribution >= 4 is 40.8 Å². The number of fused-ring (bicyclic) bond motifs is 1. The average molecular weight is 411 g/mol. The highest BCUT2D eigenvalue weighted by atomic mass is 35.5. The molecule has 2 amide bonds. The first-order valence-electron chi connectivity index (χ1n) is 9.68. The molecule has 2 aromatic rings. The summed E-state index contributed by atoms with van der Waals surface area (Å²) >= 11 is 6.07. The van der Waals surface area contributed by atoms with E-state index in [0.717, 1.165) is 12.8 Å². The Hall–Kier alpha value is -2.86. The van der Waals surface area contributed by atoms with E-state index in [1.165, 1.54) is 0 Å². The smallest absolute Gasteiger partial charge is 0.310 e. The van der Waals surface area contributed by atoms with Gasteiger partial charge in [0.05, 0.1) is 22.5 Å². The molecule has 2 aliphatic carbocycles. The van der Waals surface area contributed by atoms with E-state index in [4.69, 9.17) is 16.3 Å². The molecule has 5 rings (SSSR count). The van der Waals surface area contributed by atoms with Crippen LogP contribution in [-0.4, -0.2) is 23.9 Å². The molecule has 0 aromatic heterocycles. The molecule has 2 bridgehead atoms. The molecule has 6 nitrogen and oxygen atoms in total. The molecular weight excluding hydrogens is 392 g/mol. The van der Waals surface area contributed by atoms with E-state index in [9.17, 15) is 14.4 Å². The number of amides is 2. The highest BCUT2D eigenvalue weighted by Crippen LogP contribution is 2.57. The SMILES string of the molecule is O=C(Nc1ccccc1Cl)c1ccc(NC(=O)[C@H]2[C@@H]3C[C@@H]4[C@@H]2C(=O)O[C@@H]4C3)cc1. The minimum Gasteiger partial charge on any atom is -0.462 e. The summed E-state index contributed by atoms with van der Waals surface area (Å²) in [6, 6.07) is 13.7. The third-order valence-electron chi connectivity index (χ3n) is 6.32. The molecule has 29 heavy (non-hydrogen) atoms. The van der Waals surface area contributed by atoms with Gasteiger partial charge in [-0.15, -0.1) is 0 Å². The standard InChI is InChI=1S/C22H19ClN2O4/c23-15-3-1-2-4-16(15)25-20(26)11-5-7-13(8-6-11)24-21(27)18-12-9-14-17(10-12)29-22(28)19(14)18/h1-8,12,14,17-19H,9-10H2,(H,24,27)(H,25,26)/t12-,14+,17-,18+,19+/m1/s1. The topological polar surface area (TPSA) is 84.5 Å². The second-order valence-corrected chi connectivity index (χ2v) is 8.33. The van der Waals surface area contributed by atoms with Gasteiger partial charge in [-0.1, -0.05) is 23.7 Å². The van der Waals surface area contributed by atoms with Gasteiger partial charge in [-0.3, -0.25) is 14.4 Å². The molecule has 1 saturated heterocycles. The van der Waals surface area contributed by atoms with Gasteiger partial charge in [0.1, 0.15) is 6.10 Å². The largest absolute Gasteiger partial charge is 0.462 e. The van der Waals surface area contributed by atoms with Gasteiger partial charge < -0.3 is 15.4 Å². The van der Waals surface area contributed by atoms with Gasteiger partial charge in [-0.05, 0) is 55.2 Å². The highest BCUT2D eigenvalue weighted by Gasteiger charge is 2.63. The lowest BCUT2D eigenvalue weighted by molar-refractivity contribution is -0.145. The van der Waals surface area contributed by atoms with E-state index in [1.54, 1.807) is 48.5 Å². The molecule has 2 N–H and O–H groups in total. The number of hydrogen-bond acceptors (Lipinski definition) is 4. The van der Waals surface area contributed by atoms with Crippen LogP contribution in [0.1, 0.15) is 23.2 Å². The average Bonchev–Trinajstić information content (AvgIpc) is 3.33. The predicted octanol–water partition coefficient (Wildman–Crippen LogP) is 3.73. The summed E-state index contributed by atoms with van der Waals surface area (Å²) in [5.41, 5.74) is 1.58. The molecule has 0 radical (unpaired) electrons. The van der Waals surface area contributed by atoms with Crippen LogP contribution in [0.5, 0.6) is 0 Å². The van der Waals surface area contributed by atoms with Crippen LogP contribution < -0.4 is 10.6 Å². The van der Waals surface area contributed by atoms with Crippen molar-refractivity contribution in [3.63, 3.8) is 0 Å². The minimum absolute atomic E-state index is 0.0115. The summed E-state index contributed by atoms with van der Waals surface area (Å²) in [6.45, 7) is 0. The number of carbonyl (C=O) groups excluding carboxylic acids is 3. The number of carbonyl (C=O) groups is 3. The number of ether oxygens (including phenoxy) is 1. The van der Waals surface area contributed by atoms with E-state index >= 15 is 0 Å². The molecule has 0 spiro atoms. The zero-order chi connectivity index (χ0) is 20.1. The van der Waals surface area contributed by atoms with Crippen molar-refractivity contribution in [1.82, 2.24) is 0 Å². The molecule has 148 valence electrons. The van der Waals surface area contributed by atoms with E-state index < -0.39 is 0 Å². The molecule has 1 heterocycles. The van der Waals surface area contributed by atoms with E-state index in [-0.39, 0.29) is 47.6 Å². The molecule has 3 aliphatic rings. The maximum absolute atomic E-state index is 12.8. The minimum atomic E-state index is -0.325. The Balaban J connectivity index is 1.25. The summed E-state index contributed by atoms with van der Waals surface area (Å²) in [5, 5.41) is 6.12. The van der Waals surface area contributed by atoms with Crippen LogP contribution in [-0.2, 0) is 14.3 Å². The Morgan fingerprint density at radius 1 is 1.00 bits per heavy atom. The van der Waals surface area contributed by atoms with Gasteiger partial charge in [0.2, 0.25) is 5.91 Å². The number of benzene rings is 2.